The highest BCUT2D eigenvalue weighted by molar-refractivity contribution is 7.84. The van der Waals surface area contributed by atoms with Gasteiger partial charge in [-0.2, -0.15) is 0 Å². The van der Waals surface area contributed by atoms with Gasteiger partial charge in [-0.25, -0.2) is 4.79 Å². The van der Waals surface area contributed by atoms with E-state index < -0.39 is 0 Å². The van der Waals surface area contributed by atoms with Gasteiger partial charge >= 0.3 is 5.97 Å². The van der Waals surface area contributed by atoms with Gasteiger partial charge in [0.05, 0.1) is 6.10 Å². The summed E-state index contributed by atoms with van der Waals surface area (Å²) < 4.78 is 4.80. The summed E-state index contributed by atoms with van der Waals surface area (Å²) in [4.78, 5) is 11.4. The first-order valence-corrected chi connectivity index (χ1v) is 3.55. The molecule has 10 heavy (non-hydrogen) atoms. The lowest BCUT2D eigenvalue weighted by molar-refractivity contribution is -0.141. The third kappa shape index (κ3) is 5.69. The van der Waals surface area contributed by atoms with Crippen LogP contribution in [0.3, 0.4) is 0 Å². The van der Waals surface area contributed by atoms with Crippen molar-refractivity contribution in [2.45, 2.75) is 26.9 Å². The normalized spacial score (nSPS) is 11.9. The van der Waals surface area contributed by atoms with E-state index in [0.717, 1.165) is 0 Å². The highest BCUT2D eigenvalue weighted by atomic mass is 32.1. The fourth-order valence-electron chi connectivity index (χ4n) is 0.437. The van der Waals surface area contributed by atoms with Gasteiger partial charge in [0, 0.05) is 6.08 Å². The fourth-order valence-corrected chi connectivity index (χ4v) is 0.542. The van der Waals surface area contributed by atoms with Gasteiger partial charge in [-0.05, 0) is 25.7 Å². The van der Waals surface area contributed by atoms with Crippen LogP contribution in [0.5, 0.6) is 0 Å². The highest BCUT2D eigenvalue weighted by Gasteiger charge is 1.99. The number of allylic oxidation sites excluding steroid dienone is 1. The van der Waals surface area contributed by atoms with E-state index in [-0.39, 0.29) is 12.1 Å². The van der Waals surface area contributed by atoms with Crippen molar-refractivity contribution in [2.75, 3.05) is 0 Å². The van der Waals surface area contributed by atoms with Crippen LogP contribution in [-0.2, 0) is 9.53 Å². The van der Waals surface area contributed by atoms with Crippen molar-refractivity contribution in [2.24, 2.45) is 0 Å². The second kappa shape index (κ2) is 4.39. The van der Waals surface area contributed by atoms with E-state index in [9.17, 15) is 4.79 Å². The van der Waals surface area contributed by atoms with E-state index in [0.29, 0.717) is 4.91 Å². The van der Waals surface area contributed by atoms with Crippen LogP contribution >= 0.6 is 12.6 Å². The molecule has 0 saturated carbocycles. The quantitative estimate of drug-likeness (QED) is 0.378. The minimum atomic E-state index is -0.331. The van der Waals surface area contributed by atoms with Gasteiger partial charge in [0.15, 0.2) is 0 Å². The predicted octanol–water partition coefficient (Wildman–Crippen LogP) is 1.77. The smallest absolute Gasteiger partial charge is 0.331 e. The lowest BCUT2D eigenvalue weighted by atomic mass is 10.4. The van der Waals surface area contributed by atoms with Gasteiger partial charge in [-0.3, -0.25) is 0 Å². The summed E-state index contributed by atoms with van der Waals surface area (Å²) in [7, 11) is 0. The number of ether oxygens (including phenoxy) is 1. The van der Waals surface area contributed by atoms with Crippen LogP contribution in [0.1, 0.15) is 20.8 Å². The molecule has 0 rings (SSSR count). The van der Waals surface area contributed by atoms with E-state index in [2.05, 4.69) is 12.6 Å². The second-order valence-electron chi connectivity index (χ2n) is 2.27. The van der Waals surface area contributed by atoms with Crippen molar-refractivity contribution < 1.29 is 9.53 Å². The Bertz CT molecular complexity index is 146. The number of hydrogen-bond donors (Lipinski definition) is 1. The van der Waals surface area contributed by atoms with Crippen molar-refractivity contribution >= 4 is 18.6 Å². The molecule has 3 heteroatoms. The lowest BCUT2D eigenvalue weighted by Gasteiger charge is -2.03. The molecule has 0 aliphatic heterocycles. The first-order valence-electron chi connectivity index (χ1n) is 3.10. The van der Waals surface area contributed by atoms with Crippen molar-refractivity contribution in [3.05, 3.63) is 11.0 Å². The Morgan fingerprint density at radius 1 is 1.60 bits per heavy atom. The first-order chi connectivity index (χ1) is 4.52. The minimum absolute atomic E-state index is 0.0589. The summed E-state index contributed by atoms with van der Waals surface area (Å²) in [5.74, 6) is -0.331. The Hall–Kier alpha value is -0.440. The van der Waals surface area contributed by atoms with E-state index >= 15 is 0 Å². The lowest BCUT2D eigenvalue weighted by Crippen LogP contribution is -2.08. The van der Waals surface area contributed by atoms with Gasteiger partial charge in [-0.15, -0.1) is 12.6 Å². The molecule has 0 spiro atoms. The number of rotatable bonds is 2. The average molecular weight is 160 g/mol. The van der Waals surface area contributed by atoms with E-state index in [1.165, 1.54) is 6.08 Å². The first kappa shape index (κ1) is 9.56. The maximum atomic E-state index is 10.7. The Morgan fingerprint density at radius 2 is 2.10 bits per heavy atom. The Balaban J connectivity index is 3.76. The third-order valence-corrected chi connectivity index (χ3v) is 0.808. The summed E-state index contributed by atoms with van der Waals surface area (Å²) in [6.07, 6.45) is 1.29. The number of carbonyl (C=O) groups excluding carboxylic acids is 1. The fraction of sp³-hybridized carbons (Fsp3) is 0.571. The zero-order chi connectivity index (χ0) is 8.15. The molecular weight excluding hydrogens is 148 g/mol. The number of carbonyl (C=O) groups is 1. The Labute approximate surface area is 66.7 Å². The van der Waals surface area contributed by atoms with Crippen molar-refractivity contribution in [3.63, 3.8) is 0 Å². The average Bonchev–Trinajstić information content (AvgIpc) is 1.58. The second-order valence-corrected chi connectivity index (χ2v) is 2.98. The predicted molar refractivity (Wildman–Crippen MR) is 44.0 cm³/mol. The summed E-state index contributed by atoms with van der Waals surface area (Å²) in [5, 5.41) is 0. The van der Waals surface area contributed by atoms with E-state index in [1.807, 2.05) is 0 Å². The van der Waals surface area contributed by atoms with Crippen molar-refractivity contribution in [1.82, 2.24) is 0 Å². The van der Waals surface area contributed by atoms with Crippen LogP contribution in [0, 0.1) is 0 Å². The molecule has 0 bridgehead atoms. The maximum Gasteiger partial charge on any atom is 0.331 e. The molecule has 0 heterocycles. The zero-order valence-electron chi connectivity index (χ0n) is 6.42. The minimum Gasteiger partial charge on any atom is -0.460 e. The monoisotopic (exact) mass is 160 g/mol. The van der Waals surface area contributed by atoms with E-state index in [1.54, 1.807) is 20.8 Å². The van der Waals surface area contributed by atoms with Crippen LogP contribution in [0.4, 0.5) is 0 Å². The van der Waals surface area contributed by atoms with Gasteiger partial charge in [0.2, 0.25) is 0 Å². The standard InChI is InChI=1S/C7H12O2S/c1-5(2)9-7(8)4-6(3)10/h4-5,10H,1-3H3. The zero-order valence-corrected chi connectivity index (χ0v) is 7.31. The molecule has 0 amide bonds. The Kier molecular flexibility index (Phi) is 4.19. The molecule has 0 fully saturated rings. The molecule has 2 nitrogen and oxygen atoms in total. The molecule has 0 unspecified atom stereocenters. The molecule has 0 aromatic carbocycles. The number of esters is 1. The molecule has 58 valence electrons. The maximum absolute atomic E-state index is 10.7. The molecule has 0 aliphatic carbocycles. The van der Waals surface area contributed by atoms with Gasteiger partial charge in [0.25, 0.3) is 0 Å². The highest BCUT2D eigenvalue weighted by Crippen LogP contribution is 1.98. The van der Waals surface area contributed by atoms with Crippen molar-refractivity contribution in [1.29, 1.82) is 0 Å². The van der Waals surface area contributed by atoms with Crippen LogP contribution in [0.2, 0.25) is 0 Å². The molecule has 0 radical (unpaired) electrons. The number of thiol groups is 1. The molecule has 0 saturated heterocycles. The molecule has 0 aromatic rings. The van der Waals surface area contributed by atoms with Gasteiger partial charge in [-0.1, -0.05) is 0 Å². The number of hydrogen-bond acceptors (Lipinski definition) is 3. The Morgan fingerprint density at radius 3 is 2.40 bits per heavy atom. The van der Waals surface area contributed by atoms with E-state index in [4.69, 9.17) is 4.74 Å². The third-order valence-electron chi connectivity index (χ3n) is 0.679. The summed E-state index contributed by atoms with van der Waals surface area (Å²) in [6.45, 7) is 5.34. The largest absolute Gasteiger partial charge is 0.460 e. The molecule has 0 N–H and O–H groups in total. The van der Waals surface area contributed by atoms with Crippen molar-refractivity contribution in [3.8, 4) is 0 Å². The van der Waals surface area contributed by atoms with Gasteiger partial charge < -0.3 is 4.74 Å². The topological polar surface area (TPSA) is 26.3 Å². The molecule has 0 aliphatic rings. The SMILES string of the molecule is CC(S)=CC(=O)OC(C)C. The van der Waals surface area contributed by atoms with Crippen LogP contribution < -0.4 is 0 Å². The summed E-state index contributed by atoms with van der Waals surface area (Å²) in [5.41, 5.74) is 0. The molecule has 0 aromatic heterocycles. The van der Waals surface area contributed by atoms with Crippen LogP contribution in [0.25, 0.3) is 0 Å². The van der Waals surface area contributed by atoms with Crippen LogP contribution in [-0.4, -0.2) is 12.1 Å². The molecule has 0 atom stereocenters. The van der Waals surface area contributed by atoms with Crippen LogP contribution in [0.15, 0.2) is 11.0 Å². The molecular formula is C7H12O2S. The summed E-state index contributed by atoms with van der Waals surface area (Å²) >= 11 is 3.92. The van der Waals surface area contributed by atoms with Gasteiger partial charge in [0.1, 0.15) is 0 Å². The summed E-state index contributed by atoms with van der Waals surface area (Å²) in [6, 6.07) is 0.